The van der Waals surface area contributed by atoms with Crippen LogP contribution < -0.4 is 0 Å². The standard InChI is InChI=1S/C17H21N3O4S/c1-10-6-14(11(2)20(10)17-18-4-5-25-17)16(23)19-9-13(24-3)7-12(19)8-15(21)22/h4-6,12-13H,7-9H2,1-3H3,(H,21,22). The molecule has 0 radical (unpaired) electrons. The molecule has 0 spiro atoms. The van der Waals surface area contributed by atoms with Crippen LogP contribution in [-0.4, -0.2) is 57.2 Å². The number of hydrogen-bond acceptors (Lipinski definition) is 5. The van der Waals surface area contributed by atoms with Gasteiger partial charge in [0.25, 0.3) is 5.91 Å². The van der Waals surface area contributed by atoms with Gasteiger partial charge in [0.2, 0.25) is 0 Å². The van der Waals surface area contributed by atoms with Crippen molar-refractivity contribution in [2.75, 3.05) is 13.7 Å². The highest BCUT2D eigenvalue weighted by Gasteiger charge is 2.38. The second-order valence-corrected chi connectivity index (χ2v) is 7.11. The summed E-state index contributed by atoms with van der Waals surface area (Å²) < 4.78 is 7.31. The minimum absolute atomic E-state index is 0.0726. The molecule has 1 saturated heterocycles. The number of likely N-dealkylation sites (tertiary alicyclic amines) is 1. The van der Waals surface area contributed by atoms with E-state index in [0.717, 1.165) is 16.5 Å². The lowest BCUT2D eigenvalue weighted by molar-refractivity contribution is -0.137. The van der Waals surface area contributed by atoms with Crippen LogP contribution in [0.2, 0.25) is 0 Å². The third kappa shape index (κ3) is 3.32. The topological polar surface area (TPSA) is 84.7 Å². The molecule has 0 saturated carbocycles. The van der Waals surface area contributed by atoms with Crippen LogP contribution in [0.15, 0.2) is 17.6 Å². The minimum Gasteiger partial charge on any atom is -0.481 e. The Morgan fingerprint density at radius 1 is 1.44 bits per heavy atom. The molecule has 25 heavy (non-hydrogen) atoms. The van der Waals surface area contributed by atoms with Crippen molar-refractivity contribution in [1.29, 1.82) is 0 Å². The van der Waals surface area contributed by atoms with E-state index < -0.39 is 5.97 Å². The zero-order valence-corrected chi connectivity index (χ0v) is 15.2. The van der Waals surface area contributed by atoms with Crippen molar-refractivity contribution >= 4 is 23.2 Å². The average Bonchev–Trinajstić information content (AvgIpc) is 3.26. The Labute approximate surface area is 149 Å². The molecule has 7 nitrogen and oxygen atoms in total. The predicted molar refractivity (Wildman–Crippen MR) is 93.4 cm³/mol. The molecule has 3 rings (SSSR count). The van der Waals surface area contributed by atoms with Gasteiger partial charge in [-0.1, -0.05) is 0 Å². The normalized spacial score (nSPS) is 20.2. The third-order valence-corrected chi connectivity index (χ3v) is 5.41. The molecule has 2 aromatic heterocycles. The van der Waals surface area contributed by atoms with E-state index in [1.54, 1.807) is 18.2 Å². The molecule has 1 amide bonds. The third-order valence-electron chi connectivity index (χ3n) is 4.65. The van der Waals surface area contributed by atoms with Gasteiger partial charge in [0.1, 0.15) is 0 Å². The van der Waals surface area contributed by atoms with Crippen molar-refractivity contribution in [2.45, 2.75) is 38.8 Å². The molecule has 1 aliphatic heterocycles. The highest BCUT2D eigenvalue weighted by Crippen LogP contribution is 2.28. The number of ether oxygens (including phenoxy) is 1. The van der Waals surface area contributed by atoms with E-state index in [0.29, 0.717) is 18.5 Å². The highest BCUT2D eigenvalue weighted by atomic mass is 32.1. The van der Waals surface area contributed by atoms with Crippen molar-refractivity contribution in [3.63, 3.8) is 0 Å². The number of carbonyl (C=O) groups is 2. The number of rotatable bonds is 5. The lowest BCUT2D eigenvalue weighted by Gasteiger charge is -2.23. The van der Waals surface area contributed by atoms with Gasteiger partial charge in [0.15, 0.2) is 5.13 Å². The number of carboxylic acid groups (broad SMARTS) is 1. The van der Waals surface area contributed by atoms with Crippen molar-refractivity contribution in [3.8, 4) is 5.13 Å². The monoisotopic (exact) mass is 363 g/mol. The fourth-order valence-electron chi connectivity index (χ4n) is 3.44. The van der Waals surface area contributed by atoms with Crippen LogP contribution in [-0.2, 0) is 9.53 Å². The molecule has 2 unspecified atom stereocenters. The molecule has 2 aromatic rings. The number of methoxy groups -OCH3 is 1. The zero-order valence-electron chi connectivity index (χ0n) is 14.4. The molecule has 1 aliphatic rings. The summed E-state index contributed by atoms with van der Waals surface area (Å²) in [7, 11) is 1.59. The van der Waals surface area contributed by atoms with Crippen LogP contribution in [0.25, 0.3) is 5.13 Å². The second-order valence-electron chi connectivity index (χ2n) is 6.24. The predicted octanol–water partition coefficient (Wildman–Crippen LogP) is 2.25. The Hall–Kier alpha value is -2.19. The van der Waals surface area contributed by atoms with Gasteiger partial charge in [-0.05, 0) is 26.3 Å². The van der Waals surface area contributed by atoms with Crippen LogP contribution in [0.5, 0.6) is 0 Å². The molecule has 0 bridgehead atoms. The maximum atomic E-state index is 13.1. The fourth-order valence-corrected chi connectivity index (χ4v) is 4.19. The van der Waals surface area contributed by atoms with E-state index in [-0.39, 0.29) is 24.5 Å². The van der Waals surface area contributed by atoms with Crippen molar-refractivity contribution in [2.24, 2.45) is 0 Å². The van der Waals surface area contributed by atoms with Gasteiger partial charge < -0.3 is 14.7 Å². The summed E-state index contributed by atoms with van der Waals surface area (Å²) in [4.78, 5) is 30.2. The lowest BCUT2D eigenvalue weighted by atomic mass is 10.1. The molecular weight excluding hydrogens is 342 g/mol. The van der Waals surface area contributed by atoms with Crippen LogP contribution in [0.4, 0.5) is 0 Å². The minimum atomic E-state index is -0.909. The van der Waals surface area contributed by atoms with E-state index in [1.165, 1.54) is 11.3 Å². The van der Waals surface area contributed by atoms with E-state index in [2.05, 4.69) is 4.98 Å². The van der Waals surface area contributed by atoms with Gasteiger partial charge in [0.05, 0.1) is 18.1 Å². The Morgan fingerprint density at radius 3 is 2.80 bits per heavy atom. The maximum absolute atomic E-state index is 13.1. The molecule has 8 heteroatoms. The molecule has 0 aliphatic carbocycles. The van der Waals surface area contributed by atoms with Crippen molar-refractivity contribution in [1.82, 2.24) is 14.5 Å². The van der Waals surface area contributed by atoms with E-state index >= 15 is 0 Å². The number of aryl methyl sites for hydroxylation is 1. The number of hydrogen-bond donors (Lipinski definition) is 1. The Kier molecular flexibility index (Phi) is 4.91. The van der Waals surface area contributed by atoms with Crippen molar-refractivity contribution < 1.29 is 19.4 Å². The summed E-state index contributed by atoms with van der Waals surface area (Å²) in [5.41, 5.74) is 2.32. The average molecular weight is 363 g/mol. The number of aromatic nitrogens is 2. The smallest absolute Gasteiger partial charge is 0.305 e. The van der Waals surface area contributed by atoms with Gasteiger partial charge in [-0.15, -0.1) is 11.3 Å². The summed E-state index contributed by atoms with van der Waals surface area (Å²) in [6.45, 7) is 4.23. The maximum Gasteiger partial charge on any atom is 0.305 e. The van der Waals surface area contributed by atoms with Gasteiger partial charge in [-0.3, -0.25) is 14.2 Å². The molecule has 1 fully saturated rings. The quantitative estimate of drug-likeness (QED) is 0.881. The van der Waals surface area contributed by atoms with E-state index in [9.17, 15) is 9.59 Å². The van der Waals surface area contributed by atoms with Crippen LogP contribution >= 0.6 is 11.3 Å². The molecule has 2 atom stereocenters. The first-order valence-corrected chi connectivity index (χ1v) is 8.94. The van der Waals surface area contributed by atoms with Crippen LogP contribution in [0, 0.1) is 13.8 Å². The second kappa shape index (κ2) is 6.97. The first-order valence-electron chi connectivity index (χ1n) is 8.06. The first kappa shape index (κ1) is 17.6. The number of nitrogens with zero attached hydrogens (tertiary/aromatic N) is 3. The zero-order chi connectivity index (χ0) is 18.1. The fraction of sp³-hybridized carbons (Fsp3) is 0.471. The molecule has 134 valence electrons. The van der Waals surface area contributed by atoms with Crippen LogP contribution in [0.3, 0.4) is 0 Å². The number of carboxylic acids is 1. The summed E-state index contributed by atoms with van der Waals surface area (Å²) in [6, 6.07) is 1.50. The summed E-state index contributed by atoms with van der Waals surface area (Å²) in [6.07, 6.45) is 2.07. The summed E-state index contributed by atoms with van der Waals surface area (Å²) in [5.74, 6) is -1.06. The lowest BCUT2D eigenvalue weighted by Crippen LogP contribution is -2.37. The van der Waals surface area contributed by atoms with E-state index in [1.807, 2.05) is 29.9 Å². The molecular formula is C17H21N3O4S. The number of aliphatic carboxylic acids is 1. The SMILES string of the molecule is COC1CC(CC(=O)O)N(C(=O)c2cc(C)n(-c3nccs3)c2C)C1. The van der Waals surface area contributed by atoms with Gasteiger partial charge in [-0.25, -0.2) is 4.98 Å². The van der Waals surface area contributed by atoms with Crippen molar-refractivity contribution in [3.05, 3.63) is 34.6 Å². The summed E-state index contributed by atoms with van der Waals surface area (Å²) >= 11 is 1.50. The molecule has 0 aromatic carbocycles. The molecule has 3 heterocycles. The van der Waals surface area contributed by atoms with Gasteiger partial charge >= 0.3 is 5.97 Å². The van der Waals surface area contributed by atoms with E-state index in [4.69, 9.17) is 9.84 Å². The molecule has 1 N–H and O–H groups in total. The Balaban J connectivity index is 1.92. The Morgan fingerprint density at radius 2 is 2.20 bits per heavy atom. The number of amides is 1. The van der Waals surface area contributed by atoms with Crippen LogP contribution in [0.1, 0.15) is 34.6 Å². The summed E-state index contributed by atoms with van der Waals surface area (Å²) in [5, 5.41) is 11.8. The number of carbonyl (C=O) groups excluding carboxylic acids is 1. The highest BCUT2D eigenvalue weighted by molar-refractivity contribution is 7.12. The first-order chi connectivity index (χ1) is 11.9. The van der Waals surface area contributed by atoms with Gasteiger partial charge in [0, 0.05) is 42.7 Å². The largest absolute Gasteiger partial charge is 0.481 e. The Bertz CT molecular complexity index is 784. The van der Waals surface area contributed by atoms with Gasteiger partial charge in [-0.2, -0.15) is 0 Å². The number of thiazole rings is 1.